The number of rotatable bonds is 11. The number of carbonyl (C=O) groups is 3. The van der Waals surface area contributed by atoms with Crippen LogP contribution >= 0.6 is 0 Å². The van der Waals surface area contributed by atoms with E-state index in [2.05, 4.69) is 36.8 Å². The molecule has 3 rings (SSSR count). The van der Waals surface area contributed by atoms with Crippen LogP contribution in [-0.4, -0.2) is 54.8 Å². The second-order valence-corrected chi connectivity index (χ2v) is 11.9. The number of ether oxygens (including phenoxy) is 2. The summed E-state index contributed by atoms with van der Waals surface area (Å²) in [4.78, 5) is 37.5. The van der Waals surface area contributed by atoms with Crippen molar-refractivity contribution in [2.75, 3.05) is 19.7 Å². The van der Waals surface area contributed by atoms with Gasteiger partial charge >= 0.3 is 6.09 Å². The zero-order chi connectivity index (χ0) is 28.0. The Morgan fingerprint density at radius 2 is 1.92 bits per heavy atom. The third-order valence-corrected chi connectivity index (χ3v) is 7.85. The number of amides is 3. The molecule has 0 saturated heterocycles. The number of carbonyl (C=O) groups excluding carboxylic acids is 3. The molecule has 0 spiro atoms. The largest absolute Gasteiger partial charge is 0.477 e. The van der Waals surface area contributed by atoms with Gasteiger partial charge in [0.15, 0.2) is 0 Å². The first-order valence-corrected chi connectivity index (χ1v) is 14.1. The van der Waals surface area contributed by atoms with Gasteiger partial charge in [-0.2, -0.15) is 0 Å². The van der Waals surface area contributed by atoms with Gasteiger partial charge in [-0.05, 0) is 70.1 Å². The zero-order valence-electron chi connectivity index (χ0n) is 23.8. The van der Waals surface area contributed by atoms with Crippen molar-refractivity contribution < 1.29 is 23.9 Å². The third kappa shape index (κ3) is 7.42. The van der Waals surface area contributed by atoms with Gasteiger partial charge in [0.25, 0.3) is 5.91 Å². The van der Waals surface area contributed by atoms with E-state index in [0.29, 0.717) is 49.4 Å². The van der Waals surface area contributed by atoms with Gasteiger partial charge in [-0.25, -0.2) is 10.2 Å². The fourth-order valence-electron chi connectivity index (χ4n) is 5.91. The molecule has 0 radical (unpaired) electrons. The van der Waals surface area contributed by atoms with Crippen molar-refractivity contribution in [1.82, 2.24) is 21.1 Å². The summed E-state index contributed by atoms with van der Waals surface area (Å²) in [7, 11) is 0. The van der Waals surface area contributed by atoms with Crippen molar-refractivity contribution in [2.45, 2.75) is 85.8 Å². The van der Waals surface area contributed by atoms with Crippen LogP contribution in [0, 0.1) is 29.1 Å². The highest BCUT2D eigenvalue weighted by atomic mass is 16.6. The number of primary amides is 1. The molecule has 3 amide bonds. The van der Waals surface area contributed by atoms with E-state index in [1.54, 1.807) is 17.3 Å². The molecule has 5 atom stereocenters. The number of nitrogens with zero attached hydrogens (tertiary/aromatic N) is 1. The van der Waals surface area contributed by atoms with Crippen LogP contribution in [0.4, 0.5) is 4.79 Å². The Morgan fingerprint density at radius 3 is 2.55 bits per heavy atom. The molecule has 2 fully saturated rings. The predicted molar refractivity (Wildman–Crippen MR) is 145 cm³/mol. The monoisotopic (exact) mass is 533 g/mol. The molecule has 10 nitrogen and oxygen atoms in total. The third-order valence-electron chi connectivity index (χ3n) is 7.85. The average Bonchev–Trinajstić information content (AvgIpc) is 3.25. The smallest absolute Gasteiger partial charge is 0.404 e. The van der Waals surface area contributed by atoms with E-state index >= 15 is 0 Å². The number of fused-ring (bicyclic) bond motifs is 2. The van der Waals surface area contributed by atoms with Crippen LogP contribution in [0.1, 0.15) is 73.6 Å². The van der Waals surface area contributed by atoms with E-state index in [-0.39, 0.29) is 35.8 Å². The normalized spacial score (nSPS) is 27.6. The van der Waals surface area contributed by atoms with Crippen LogP contribution in [0.15, 0.2) is 23.7 Å². The van der Waals surface area contributed by atoms with Gasteiger partial charge in [0, 0.05) is 18.8 Å². The molecular formula is C28H47N5O5. The minimum absolute atomic E-state index is 0.0110. The SMILES string of the molecule is CCNC(=O)C(C)(C)/C=C/N1NCC(C(=O)N[C@@H]2C(CC)CC3CC2C[C@@H](OC(N)=O)C3)=C1OCC(C)C. The number of nitrogens with one attached hydrogen (secondary N) is 3. The first kappa shape index (κ1) is 29.8. The first-order chi connectivity index (χ1) is 17.9. The molecule has 0 aromatic rings. The molecule has 3 unspecified atom stereocenters. The van der Waals surface area contributed by atoms with Crippen molar-refractivity contribution in [1.29, 1.82) is 0 Å². The topological polar surface area (TPSA) is 135 Å². The molecule has 10 heteroatoms. The van der Waals surface area contributed by atoms with Crippen LogP contribution in [0.3, 0.4) is 0 Å². The molecule has 1 heterocycles. The Labute approximate surface area is 227 Å². The summed E-state index contributed by atoms with van der Waals surface area (Å²) in [5.74, 6) is 1.56. The van der Waals surface area contributed by atoms with Crippen molar-refractivity contribution in [2.24, 2.45) is 34.8 Å². The van der Waals surface area contributed by atoms with Crippen molar-refractivity contribution in [3.8, 4) is 0 Å². The first-order valence-electron chi connectivity index (χ1n) is 14.1. The summed E-state index contributed by atoms with van der Waals surface area (Å²) in [5.41, 5.74) is 8.32. The van der Waals surface area contributed by atoms with E-state index in [1.165, 1.54) is 0 Å². The molecule has 0 aromatic carbocycles. The zero-order valence-corrected chi connectivity index (χ0v) is 23.8. The van der Waals surface area contributed by atoms with Gasteiger partial charge in [-0.15, -0.1) is 0 Å². The average molecular weight is 534 g/mol. The second-order valence-electron chi connectivity index (χ2n) is 11.9. The van der Waals surface area contributed by atoms with Crippen molar-refractivity contribution in [3.63, 3.8) is 0 Å². The maximum absolute atomic E-state index is 13.7. The lowest BCUT2D eigenvalue weighted by Crippen LogP contribution is -2.53. The molecule has 2 aliphatic carbocycles. The van der Waals surface area contributed by atoms with Gasteiger partial charge < -0.3 is 25.8 Å². The van der Waals surface area contributed by atoms with E-state index in [1.807, 2.05) is 20.8 Å². The summed E-state index contributed by atoms with van der Waals surface area (Å²) in [6.07, 6.45) is 7.16. The highest BCUT2D eigenvalue weighted by molar-refractivity contribution is 5.95. The molecule has 38 heavy (non-hydrogen) atoms. The summed E-state index contributed by atoms with van der Waals surface area (Å²) in [6.45, 7) is 13.2. The molecule has 0 aromatic heterocycles. The minimum Gasteiger partial charge on any atom is -0.477 e. The molecule has 2 saturated carbocycles. The minimum atomic E-state index is -0.736. The van der Waals surface area contributed by atoms with Crippen molar-refractivity contribution >= 4 is 17.9 Å². The fourth-order valence-corrected chi connectivity index (χ4v) is 5.91. The Morgan fingerprint density at radius 1 is 1.18 bits per heavy atom. The number of nitrogens with two attached hydrogens (primary N) is 1. The number of hydrogen-bond donors (Lipinski definition) is 4. The van der Waals surface area contributed by atoms with Crippen LogP contribution in [0.5, 0.6) is 0 Å². The fraction of sp³-hybridized carbons (Fsp3) is 0.750. The number of hydrazine groups is 1. The Hall–Kier alpha value is -2.75. The molecule has 2 bridgehead atoms. The van der Waals surface area contributed by atoms with Crippen LogP contribution in [-0.2, 0) is 19.1 Å². The van der Waals surface area contributed by atoms with E-state index in [0.717, 1.165) is 25.7 Å². The summed E-state index contributed by atoms with van der Waals surface area (Å²) >= 11 is 0. The van der Waals surface area contributed by atoms with Gasteiger partial charge in [0.1, 0.15) is 6.10 Å². The Bertz CT molecular complexity index is 931. The summed E-state index contributed by atoms with van der Waals surface area (Å²) in [6, 6.07) is -0.0110. The van der Waals surface area contributed by atoms with Gasteiger partial charge in [-0.3, -0.25) is 14.6 Å². The summed E-state index contributed by atoms with van der Waals surface area (Å²) < 4.78 is 11.5. The highest BCUT2D eigenvalue weighted by Gasteiger charge is 2.44. The second kappa shape index (κ2) is 12.9. The quantitative estimate of drug-likeness (QED) is 0.320. The van der Waals surface area contributed by atoms with Crippen LogP contribution < -0.4 is 21.8 Å². The molecule has 5 N–H and O–H groups in total. The van der Waals surface area contributed by atoms with Gasteiger partial charge in [-0.1, -0.05) is 33.3 Å². The van der Waals surface area contributed by atoms with E-state index in [4.69, 9.17) is 15.2 Å². The molecule has 1 aliphatic heterocycles. The van der Waals surface area contributed by atoms with Gasteiger partial charge in [0.05, 0.1) is 24.1 Å². The molecule has 214 valence electrons. The van der Waals surface area contributed by atoms with Crippen molar-refractivity contribution in [3.05, 3.63) is 23.7 Å². The maximum Gasteiger partial charge on any atom is 0.404 e. The number of hydrogen-bond acceptors (Lipinski definition) is 7. The standard InChI is InChI=1S/C28H47N5O5/c1-7-19-11-18-12-20(14-21(13-18)38-27(29)36)23(19)32-24(34)22-15-31-33(25(22)37-16-17(3)4)10-9-28(5,6)26(35)30-8-2/h9-10,17-21,23,31H,7-8,11-16H2,1-6H3,(H2,29,36)(H,30,35)(H,32,34)/b10-9+/t18?,19?,20?,21-,23+/m0/s1. The molecular weight excluding hydrogens is 486 g/mol. The van der Waals surface area contributed by atoms with Gasteiger partial charge in [0.2, 0.25) is 11.8 Å². The van der Waals surface area contributed by atoms with Crippen LogP contribution in [0.25, 0.3) is 0 Å². The Kier molecular flexibility index (Phi) is 10.1. The van der Waals surface area contributed by atoms with E-state index in [9.17, 15) is 14.4 Å². The predicted octanol–water partition coefficient (Wildman–Crippen LogP) is 3.16. The molecule has 3 aliphatic rings. The lowest BCUT2D eigenvalue weighted by atomic mass is 9.63. The lowest BCUT2D eigenvalue weighted by molar-refractivity contribution is -0.127. The van der Waals surface area contributed by atoms with E-state index < -0.39 is 11.5 Å². The lowest BCUT2D eigenvalue weighted by Gasteiger charge is -2.47. The summed E-state index contributed by atoms with van der Waals surface area (Å²) in [5, 5.41) is 7.89. The van der Waals surface area contributed by atoms with Crippen LogP contribution in [0.2, 0.25) is 0 Å². The Balaban J connectivity index is 1.80. The highest BCUT2D eigenvalue weighted by Crippen LogP contribution is 2.45. The maximum atomic E-state index is 13.7.